The molecule has 9 atom stereocenters. The van der Waals surface area contributed by atoms with E-state index in [0.717, 1.165) is 36.5 Å². The summed E-state index contributed by atoms with van der Waals surface area (Å²) in [6.07, 6.45) is 11.4. The van der Waals surface area contributed by atoms with Crippen LogP contribution in [-0.2, 0) is 0 Å². The highest BCUT2D eigenvalue weighted by Crippen LogP contribution is 2.68. The maximum absolute atomic E-state index is 10.3. The van der Waals surface area contributed by atoms with Crippen molar-refractivity contribution in [2.45, 2.75) is 84.7 Å². The van der Waals surface area contributed by atoms with E-state index in [-0.39, 0.29) is 6.10 Å². The fraction of sp³-hybridized carbons (Fsp3) is 0.955. The zero-order valence-electron chi connectivity index (χ0n) is 15.8. The molecule has 4 aliphatic carbocycles. The molecule has 4 rings (SSSR count). The van der Waals surface area contributed by atoms with Gasteiger partial charge in [-0.3, -0.25) is 0 Å². The fourth-order valence-corrected chi connectivity index (χ4v) is 8.31. The lowest BCUT2D eigenvalue weighted by Gasteiger charge is -2.61. The smallest absolute Gasteiger partial charge is 0.0655 e. The van der Waals surface area contributed by atoms with E-state index in [0.29, 0.717) is 22.7 Å². The molecule has 4 fully saturated rings. The maximum atomic E-state index is 10.3. The second-order valence-electron chi connectivity index (χ2n) is 10.2. The average Bonchev–Trinajstić information content (AvgIpc) is 2.91. The third-order valence-electron chi connectivity index (χ3n) is 9.45. The largest absolute Gasteiger partial charge is 0.393 e. The molecule has 0 amide bonds. The highest BCUT2D eigenvalue weighted by atomic mass is 16.3. The van der Waals surface area contributed by atoms with E-state index in [1.54, 1.807) is 0 Å². The summed E-state index contributed by atoms with van der Waals surface area (Å²) in [6, 6.07) is 2.60. The number of nitrogens with zero attached hydrogens (tertiary/aromatic N) is 1. The molecular weight excluding hydrogens is 294 g/mol. The van der Waals surface area contributed by atoms with Crippen LogP contribution in [0.25, 0.3) is 0 Å². The van der Waals surface area contributed by atoms with Crippen LogP contribution in [0.1, 0.15) is 78.6 Å². The summed E-state index contributed by atoms with van der Waals surface area (Å²) in [6.45, 7) is 7.05. The van der Waals surface area contributed by atoms with Gasteiger partial charge < -0.3 is 5.11 Å². The van der Waals surface area contributed by atoms with Crippen molar-refractivity contribution in [3.63, 3.8) is 0 Å². The zero-order chi connectivity index (χ0) is 17.1. The highest BCUT2D eigenvalue weighted by molar-refractivity contribution is 5.10. The van der Waals surface area contributed by atoms with Crippen molar-refractivity contribution in [3.8, 4) is 6.07 Å². The third-order valence-corrected chi connectivity index (χ3v) is 9.45. The quantitative estimate of drug-likeness (QED) is 0.721. The molecule has 3 unspecified atom stereocenters. The maximum Gasteiger partial charge on any atom is 0.0655 e. The number of hydrogen-bond acceptors (Lipinski definition) is 2. The number of fused-ring (bicyclic) bond motifs is 5. The van der Waals surface area contributed by atoms with E-state index in [4.69, 9.17) is 0 Å². The Labute approximate surface area is 148 Å². The summed E-state index contributed by atoms with van der Waals surface area (Å²) in [5.74, 6) is 4.17. The highest BCUT2D eigenvalue weighted by Gasteiger charge is 2.60. The van der Waals surface area contributed by atoms with Crippen LogP contribution in [0, 0.1) is 57.7 Å². The van der Waals surface area contributed by atoms with Crippen LogP contribution in [0.4, 0.5) is 0 Å². The summed E-state index contributed by atoms with van der Waals surface area (Å²) in [4.78, 5) is 0. The molecule has 0 aromatic rings. The standard InChI is InChI=1S/C22H35NO/c1-14(24)18-8-9-19-17-7-6-16-5-4-15(13-23)12-22(16,3)20(17)10-11-21(18,19)2/h14-20,24H,4-12H2,1-3H3/t14?,15?,16?,17-,18+,19-,20-,21+,22-/m0/s1. The predicted molar refractivity (Wildman–Crippen MR) is 96.0 cm³/mol. The Morgan fingerprint density at radius 2 is 1.67 bits per heavy atom. The molecule has 4 aliphatic rings. The fourth-order valence-electron chi connectivity index (χ4n) is 8.31. The number of nitriles is 1. The molecule has 4 saturated carbocycles. The van der Waals surface area contributed by atoms with E-state index in [2.05, 4.69) is 19.9 Å². The van der Waals surface area contributed by atoms with Gasteiger partial charge in [-0.15, -0.1) is 0 Å². The minimum absolute atomic E-state index is 0.152. The van der Waals surface area contributed by atoms with Gasteiger partial charge >= 0.3 is 0 Å². The second kappa shape index (κ2) is 5.73. The second-order valence-corrected chi connectivity index (χ2v) is 10.2. The lowest BCUT2D eigenvalue weighted by atomic mass is 9.44. The molecule has 0 saturated heterocycles. The van der Waals surface area contributed by atoms with E-state index >= 15 is 0 Å². The molecule has 1 N–H and O–H groups in total. The first-order chi connectivity index (χ1) is 11.4. The summed E-state index contributed by atoms with van der Waals surface area (Å²) >= 11 is 0. The van der Waals surface area contributed by atoms with E-state index in [1.165, 1.54) is 44.9 Å². The Kier molecular flexibility index (Phi) is 4.03. The number of aliphatic hydroxyl groups is 1. The molecule has 0 heterocycles. The molecule has 0 bridgehead atoms. The lowest BCUT2D eigenvalue weighted by Crippen LogP contribution is -2.54. The van der Waals surface area contributed by atoms with Crippen LogP contribution in [-0.4, -0.2) is 11.2 Å². The van der Waals surface area contributed by atoms with Gasteiger partial charge in [0.05, 0.1) is 12.2 Å². The molecule has 0 aliphatic heterocycles. The van der Waals surface area contributed by atoms with Crippen molar-refractivity contribution in [1.29, 1.82) is 5.26 Å². The van der Waals surface area contributed by atoms with Crippen molar-refractivity contribution < 1.29 is 5.11 Å². The van der Waals surface area contributed by atoms with E-state index < -0.39 is 0 Å². The summed E-state index contributed by atoms with van der Waals surface area (Å²) in [5, 5.41) is 19.8. The van der Waals surface area contributed by atoms with Gasteiger partial charge in [0.25, 0.3) is 0 Å². The van der Waals surface area contributed by atoms with Gasteiger partial charge in [-0.2, -0.15) is 5.26 Å². The van der Waals surface area contributed by atoms with Crippen LogP contribution in [0.5, 0.6) is 0 Å². The Hall–Kier alpha value is -0.550. The SMILES string of the molecule is CC(O)[C@H]1CC[C@H]2[C@@H]3CCC4CCC(C#N)C[C@]4(C)[C@H]3CC[C@]12C. The molecule has 0 radical (unpaired) electrons. The van der Waals surface area contributed by atoms with Gasteiger partial charge in [0.1, 0.15) is 0 Å². The van der Waals surface area contributed by atoms with Crippen molar-refractivity contribution in [2.24, 2.45) is 46.3 Å². The van der Waals surface area contributed by atoms with Gasteiger partial charge in [-0.1, -0.05) is 13.8 Å². The first-order valence-corrected chi connectivity index (χ1v) is 10.5. The molecule has 0 aromatic heterocycles. The van der Waals surface area contributed by atoms with Crippen molar-refractivity contribution in [1.82, 2.24) is 0 Å². The molecule has 0 spiro atoms. The number of aliphatic hydroxyl groups excluding tert-OH is 1. The van der Waals surface area contributed by atoms with Crippen LogP contribution < -0.4 is 0 Å². The average molecular weight is 330 g/mol. The van der Waals surface area contributed by atoms with E-state index in [9.17, 15) is 10.4 Å². The molecule has 2 nitrogen and oxygen atoms in total. The zero-order valence-corrected chi connectivity index (χ0v) is 15.8. The van der Waals surface area contributed by atoms with E-state index in [1.807, 2.05) is 6.92 Å². The first kappa shape index (κ1) is 16.9. The minimum atomic E-state index is -0.152. The van der Waals surface area contributed by atoms with Crippen molar-refractivity contribution in [3.05, 3.63) is 0 Å². The van der Waals surface area contributed by atoms with Gasteiger partial charge in [-0.25, -0.2) is 0 Å². The molecule has 24 heavy (non-hydrogen) atoms. The normalized spacial score (nSPS) is 55.0. The van der Waals surface area contributed by atoms with Gasteiger partial charge in [0.15, 0.2) is 0 Å². The van der Waals surface area contributed by atoms with Gasteiger partial charge in [0.2, 0.25) is 0 Å². The minimum Gasteiger partial charge on any atom is -0.393 e. The van der Waals surface area contributed by atoms with Gasteiger partial charge in [0, 0.05) is 5.92 Å². The number of rotatable bonds is 1. The van der Waals surface area contributed by atoms with Crippen LogP contribution in [0.2, 0.25) is 0 Å². The molecule has 2 heteroatoms. The third kappa shape index (κ3) is 2.23. The topological polar surface area (TPSA) is 44.0 Å². The first-order valence-electron chi connectivity index (χ1n) is 10.5. The molecular formula is C22H35NO. The predicted octanol–water partition coefficient (Wildman–Crippen LogP) is 5.17. The molecule has 0 aromatic carbocycles. The monoisotopic (exact) mass is 329 g/mol. The van der Waals surface area contributed by atoms with Crippen molar-refractivity contribution in [2.75, 3.05) is 0 Å². The van der Waals surface area contributed by atoms with Crippen LogP contribution >= 0.6 is 0 Å². The lowest BCUT2D eigenvalue weighted by molar-refractivity contribution is -0.123. The summed E-state index contributed by atoms with van der Waals surface area (Å²) in [5.41, 5.74) is 0.771. The van der Waals surface area contributed by atoms with Gasteiger partial charge in [-0.05, 0) is 105 Å². The Balaban J connectivity index is 1.62. The van der Waals surface area contributed by atoms with Crippen LogP contribution in [0.15, 0.2) is 0 Å². The Morgan fingerprint density at radius 1 is 0.958 bits per heavy atom. The summed E-state index contributed by atoms with van der Waals surface area (Å²) in [7, 11) is 0. The van der Waals surface area contributed by atoms with Crippen LogP contribution in [0.3, 0.4) is 0 Å². The summed E-state index contributed by atoms with van der Waals surface area (Å²) < 4.78 is 0. The Bertz CT molecular complexity index is 537. The molecule has 134 valence electrons. The number of hydrogen-bond donors (Lipinski definition) is 1. The van der Waals surface area contributed by atoms with Crippen molar-refractivity contribution >= 4 is 0 Å². The Morgan fingerprint density at radius 3 is 2.38 bits per heavy atom.